The molecule has 0 bridgehead atoms. The molecule has 0 spiro atoms. The van der Waals surface area contributed by atoms with Gasteiger partial charge in [-0.05, 0) is 31.5 Å². The second-order valence-electron chi connectivity index (χ2n) is 8.21. The highest BCUT2D eigenvalue weighted by molar-refractivity contribution is 6.64. The fraction of sp³-hybridized carbons (Fsp3) is 0.750. The predicted octanol–water partition coefficient (Wildman–Crippen LogP) is 8.18. The molecule has 1 rings (SSSR count). The maximum absolute atomic E-state index is 6.39. The summed E-state index contributed by atoms with van der Waals surface area (Å²) >= 11 is 0. The minimum atomic E-state index is -2.07. The van der Waals surface area contributed by atoms with Crippen LogP contribution in [0.1, 0.15) is 103 Å². The number of rotatable bonds is 17. The van der Waals surface area contributed by atoms with Gasteiger partial charge in [-0.1, -0.05) is 108 Å². The van der Waals surface area contributed by atoms with E-state index in [1.54, 1.807) is 0 Å². The van der Waals surface area contributed by atoms with E-state index in [4.69, 9.17) is 8.85 Å². The van der Waals surface area contributed by atoms with Crippen molar-refractivity contribution in [3.63, 3.8) is 0 Å². The Balaban J connectivity index is 2.06. The van der Waals surface area contributed by atoms with E-state index in [0.29, 0.717) is 0 Å². The van der Waals surface area contributed by atoms with Crippen LogP contribution in [0.3, 0.4) is 0 Å². The van der Waals surface area contributed by atoms with Crippen LogP contribution in [0.5, 0.6) is 0 Å². The summed E-state index contributed by atoms with van der Waals surface area (Å²) in [4.78, 5) is 0. The topological polar surface area (TPSA) is 18.5 Å². The van der Waals surface area contributed by atoms with Crippen LogP contribution in [0.2, 0.25) is 13.1 Å². The van der Waals surface area contributed by atoms with Crippen molar-refractivity contribution >= 4 is 8.56 Å². The van der Waals surface area contributed by atoms with Crippen molar-refractivity contribution in [3.05, 3.63) is 35.9 Å². The van der Waals surface area contributed by atoms with Crippen LogP contribution in [0.4, 0.5) is 0 Å². The standard InChI is InChI=1S/C24H44O2Si/c1-5-7-8-9-10-11-12-13-14-15-19-22-25-27(3,4)26-24(6-2)23-20-17-16-18-21-23/h16-18,20-21,24H,5-15,19,22H2,1-4H3. The molecule has 0 heterocycles. The predicted molar refractivity (Wildman–Crippen MR) is 120 cm³/mol. The summed E-state index contributed by atoms with van der Waals surface area (Å²) in [7, 11) is -2.07. The molecule has 3 heteroatoms. The molecule has 0 N–H and O–H groups in total. The van der Waals surface area contributed by atoms with Crippen molar-refractivity contribution in [2.45, 2.75) is 110 Å². The highest BCUT2D eigenvalue weighted by atomic mass is 28.4. The fourth-order valence-electron chi connectivity index (χ4n) is 3.52. The van der Waals surface area contributed by atoms with Crippen LogP contribution in [-0.2, 0) is 8.85 Å². The van der Waals surface area contributed by atoms with Gasteiger partial charge in [-0.3, -0.25) is 0 Å². The second kappa shape index (κ2) is 15.3. The van der Waals surface area contributed by atoms with Crippen molar-refractivity contribution in [3.8, 4) is 0 Å². The molecule has 2 nitrogen and oxygen atoms in total. The first-order chi connectivity index (χ1) is 13.1. The van der Waals surface area contributed by atoms with E-state index in [1.807, 2.05) is 0 Å². The summed E-state index contributed by atoms with van der Waals surface area (Å²) in [5.41, 5.74) is 1.26. The third-order valence-electron chi connectivity index (χ3n) is 5.17. The average Bonchev–Trinajstić information content (AvgIpc) is 2.67. The minimum absolute atomic E-state index is 0.158. The van der Waals surface area contributed by atoms with Crippen molar-refractivity contribution in [1.82, 2.24) is 0 Å². The smallest absolute Gasteiger partial charge is 0.332 e. The van der Waals surface area contributed by atoms with Crippen LogP contribution in [0.25, 0.3) is 0 Å². The zero-order chi connectivity index (χ0) is 19.8. The van der Waals surface area contributed by atoms with Crippen LogP contribution < -0.4 is 0 Å². The summed E-state index contributed by atoms with van der Waals surface area (Å²) < 4.78 is 12.6. The van der Waals surface area contributed by atoms with Gasteiger partial charge in [0.2, 0.25) is 0 Å². The Morgan fingerprint density at radius 1 is 0.741 bits per heavy atom. The summed E-state index contributed by atoms with van der Waals surface area (Å²) in [6.07, 6.45) is 16.2. The molecule has 1 atom stereocenters. The summed E-state index contributed by atoms with van der Waals surface area (Å²) in [6.45, 7) is 9.67. The average molecular weight is 393 g/mol. The van der Waals surface area contributed by atoms with Gasteiger partial charge in [0, 0.05) is 6.61 Å². The second-order valence-corrected chi connectivity index (χ2v) is 11.5. The van der Waals surface area contributed by atoms with Crippen LogP contribution >= 0.6 is 0 Å². The number of hydrogen-bond acceptors (Lipinski definition) is 2. The van der Waals surface area contributed by atoms with Gasteiger partial charge >= 0.3 is 8.56 Å². The maximum atomic E-state index is 6.39. The highest BCUT2D eigenvalue weighted by Gasteiger charge is 2.28. The Hall–Kier alpha value is -0.643. The fourth-order valence-corrected chi connectivity index (χ4v) is 5.21. The van der Waals surface area contributed by atoms with Crippen LogP contribution in [0.15, 0.2) is 30.3 Å². The lowest BCUT2D eigenvalue weighted by atomic mass is 10.1. The molecular weight excluding hydrogens is 348 g/mol. The number of unbranched alkanes of at least 4 members (excludes halogenated alkanes) is 10. The molecule has 0 aliphatic rings. The SMILES string of the molecule is CCCCCCCCCCCCCO[Si](C)(C)OC(CC)c1ccccc1. The molecule has 0 amide bonds. The first kappa shape index (κ1) is 24.4. The lowest BCUT2D eigenvalue weighted by Gasteiger charge is -2.28. The van der Waals surface area contributed by atoms with Gasteiger partial charge in [0.05, 0.1) is 6.10 Å². The van der Waals surface area contributed by atoms with Gasteiger partial charge in [-0.2, -0.15) is 0 Å². The molecule has 0 fully saturated rings. The van der Waals surface area contributed by atoms with E-state index in [-0.39, 0.29) is 6.10 Å². The summed E-state index contributed by atoms with van der Waals surface area (Å²) in [5, 5.41) is 0. The van der Waals surface area contributed by atoms with E-state index in [0.717, 1.165) is 13.0 Å². The molecule has 0 aliphatic carbocycles. The van der Waals surface area contributed by atoms with E-state index in [2.05, 4.69) is 57.3 Å². The molecule has 0 aromatic heterocycles. The molecule has 27 heavy (non-hydrogen) atoms. The Morgan fingerprint density at radius 3 is 1.78 bits per heavy atom. The highest BCUT2D eigenvalue weighted by Crippen LogP contribution is 2.25. The zero-order valence-corrected chi connectivity index (χ0v) is 19.5. The Kier molecular flexibility index (Phi) is 13.8. The molecule has 0 saturated carbocycles. The van der Waals surface area contributed by atoms with Crippen molar-refractivity contribution in [2.75, 3.05) is 6.61 Å². The minimum Gasteiger partial charge on any atom is -0.394 e. The molecule has 0 aliphatic heterocycles. The van der Waals surface area contributed by atoms with Gasteiger partial charge in [0.1, 0.15) is 0 Å². The zero-order valence-electron chi connectivity index (χ0n) is 18.5. The Labute approximate surface area is 170 Å². The lowest BCUT2D eigenvalue weighted by Crippen LogP contribution is -2.36. The van der Waals surface area contributed by atoms with Crippen LogP contribution in [0, 0.1) is 0 Å². The van der Waals surface area contributed by atoms with Crippen molar-refractivity contribution in [1.29, 1.82) is 0 Å². The molecule has 1 aromatic carbocycles. The van der Waals surface area contributed by atoms with E-state index in [9.17, 15) is 0 Å². The molecule has 156 valence electrons. The first-order valence-corrected chi connectivity index (χ1v) is 14.3. The first-order valence-electron chi connectivity index (χ1n) is 11.5. The van der Waals surface area contributed by atoms with Crippen LogP contribution in [-0.4, -0.2) is 15.2 Å². The third-order valence-corrected chi connectivity index (χ3v) is 6.92. The molecule has 1 unspecified atom stereocenters. The Morgan fingerprint density at radius 2 is 1.26 bits per heavy atom. The number of hydrogen-bond donors (Lipinski definition) is 0. The van der Waals surface area contributed by atoms with Gasteiger partial charge in [-0.15, -0.1) is 0 Å². The lowest BCUT2D eigenvalue weighted by molar-refractivity contribution is 0.116. The van der Waals surface area contributed by atoms with Crippen molar-refractivity contribution in [2.24, 2.45) is 0 Å². The van der Waals surface area contributed by atoms with Gasteiger partial charge in [0.25, 0.3) is 0 Å². The molecular formula is C24H44O2Si. The largest absolute Gasteiger partial charge is 0.394 e. The summed E-state index contributed by atoms with van der Waals surface area (Å²) in [5.74, 6) is 0. The normalized spacial score (nSPS) is 13.0. The molecule has 0 saturated heterocycles. The van der Waals surface area contributed by atoms with E-state index >= 15 is 0 Å². The third kappa shape index (κ3) is 12.4. The molecule has 0 radical (unpaired) electrons. The quantitative estimate of drug-likeness (QED) is 0.196. The monoisotopic (exact) mass is 392 g/mol. The van der Waals surface area contributed by atoms with E-state index in [1.165, 1.54) is 76.2 Å². The van der Waals surface area contributed by atoms with Gasteiger partial charge in [0.15, 0.2) is 0 Å². The van der Waals surface area contributed by atoms with Crippen molar-refractivity contribution < 1.29 is 8.85 Å². The summed E-state index contributed by atoms with van der Waals surface area (Å²) in [6, 6.07) is 10.5. The number of benzene rings is 1. The van der Waals surface area contributed by atoms with Gasteiger partial charge < -0.3 is 8.85 Å². The maximum Gasteiger partial charge on any atom is 0.332 e. The molecule has 1 aromatic rings. The van der Waals surface area contributed by atoms with E-state index < -0.39 is 8.56 Å². The Bertz CT molecular complexity index is 447. The van der Waals surface area contributed by atoms with Gasteiger partial charge in [-0.25, -0.2) is 0 Å².